The number of amides is 1. The molecule has 2 aromatic rings. The van der Waals surface area contributed by atoms with Crippen LogP contribution in [0.2, 0.25) is 0 Å². The summed E-state index contributed by atoms with van der Waals surface area (Å²) in [4.78, 5) is 23.6. The second-order valence-electron chi connectivity index (χ2n) is 6.60. The number of anilines is 1. The van der Waals surface area contributed by atoms with Crippen LogP contribution in [0, 0.1) is 6.92 Å². The van der Waals surface area contributed by atoms with E-state index in [0.29, 0.717) is 18.2 Å². The Morgan fingerprint density at radius 1 is 1.20 bits per heavy atom. The van der Waals surface area contributed by atoms with Crippen molar-refractivity contribution in [1.29, 1.82) is 0 Å². The van der Waals surface area contributed by atoms with Crippen LogP contribution in [0.5, 0.6) is 0 Å². The zero-order valence-corrected chi connectivity index (χ0v) is 15.1. The van der Waals surface area contributed by atoms with E-state index in [1.807, 2.05) is 6.92 Å². The van der Waals surface area contributed by atoms with Gasteiger partial charge >= 0.3 is 0 Å². The number of carbonyl (C=O) groups excluding carboxylic acids is 1. The number of carbonyl (C=O) groups is 1. The number of fused-ring (bicyclic) bond motifs is 1. The van der Waals surface area contributed by atoms with Gasteiger partial charge in [0.05, 0.1) is 0 Å². The van der Waals surface area contributed by atoms with Gasteiger partial charge in [0.2, 0.25) is 5.95 Å². The molecule has 0 atom stereocenters. The molecule has 0 bridgehead atoms. The van der Waals surface area contributed by atoms with Crippen molar-refractivity contribution in [2.24, 2.45) is 0 Å². The van der Waals surface area contributed by atoms with Gasteiger partial charge < -0.3 is 10.2 Å². The lowest BCUT2D eigenvalue weighted by atomic mass is 10.0. The fourth-order valence-electron chi connectivity index (χ4n) is 3.14. The Kier molecular flexibility index (Phi) is 5.64. The molecule has 2 heterocycles. The molecule has 1 aliphatic heterocycles. The van der Waals surface area contributed by atoms with Gasteiger partial charge in [0.1, 0.15) is 5.69 Å². The minimum atomic E-state index is -0.111. The van der Waals surface area contributed by atoms with Crippen LogP contribution in [0.25, 0.3) is 0 Å². The smallest absolute Gasteiger partial charge is 0.270 e. The second-order valence-corrected chi connectivity index (χ2v) is 6.60. The maximum absolute atomic E-state index is 12.4. The number of aryl methyl sites for hydroxylation is 1. The molecule has 1 aromatic heterocycles. The van der Waals surface area contributed by atoms with Crippen molar-refractivity contribution >= 4 is 11.9 Å². The van der Waals surface area contributed by atoms with Crippen molar-refractivity contribution in [3.63, 3.8) is 0 Å². The third-order valence-corrected chi connectivity index (χ3v) is 4.55. The Bertz CT molecular complexity index is 744. The maximum atomic E-state index is 12.4. The molecule has 1 amide bonds. The van der Waals surface area contributed by atoms with Gasteiger partial charge in [0.15, 0.2) is 0 Å². The molecule has 1 N–H and O–H groups in total. The molecule has 0 saturated heterocycles. The lowest BCUT2D eigenvalue weighted by molar-refractivity contribution is 0.0947. The highest BCUT2D eigenvalue weighted by Crippen LogP contribution is 2.22. The average molecular weight is 338 g/mol. The van der Waals surface area contributed by atoms with Crippen molar-refractivity contribution in [1.82, 2.24) is 15.3 Å². The van der Waals surface area contributed by atoms with Crippen LogP contribution in [0.1, 0.15) is 53.5 Å². The highest BCUT2D eigenvalue weighted by molar-refractivity contribution is 5.92. The first-order valence-corrected chi connectivity index (χ1v) is 9.13. The molecule has 5 nitrogen and oxygen atoms in total. The maximum Gasteiger partial charge on any atom is 0.270 e. The van der Waals surface area contributed by atoms with Crippen LogP contribution in [-0.4, -0.2) is 29.0 Å². The Hall–Kier alpha value is -2.43. The number of unbranched alkanes of at least 4 members (excludes halogenated alkanes) is 2. The van der Waals surface area contributed by atoms with E-state index in [9.17, 15) is 4.79 Å². The Morgan fingerprint density at radius 3 is 2.80 bits per heavy atom. The Balaban J connectivity index is 1.73. The summed E-state index contributed by atoms with van der Waals surface area (Å²) in [6.07, 6.45) is 4.25. The van der Waals surface area contributed by atoms with E-state index in [1.54, 1.807) is 6.07 Å². The van der Waals surface area contributed by atoms with Crippen molar-refractivity contribution in [2.45, 2.75) is 46.1 Å². The van der Waals surface area contributed by atoms with Gasteiger partial charge in [-0.2, -0.15) is 0 Å². The topological polar surface area (TPSA) is 58.1 Å². The van der Waals surface area contributed by atoms with Crippen molar-refractivity contribution < 1.29 is 4.79 Å². The number of hydrogen-bond donors (Lipinski definition) is 1. The molecule has 0 saturated carbocycles. The lowest BCUT2D eigenvalue weighted by Gasteiger charge is -2.29. The van der Waals surface area contributed by atoms with Gasteiger partial charge in [0.25, 0.3) is 5.91 Å². The summed E-state index contributed by atoms with van der Waals surface area (Å²) in [7, 11) is 0. The Labute approximate surface area is 149 Å². The zero-order chi connectivity index (χ0) is 17.6. The van der Waals surface area contributed by atoms with E-state index in [4.69, 9.17) is 0 Å². The first kappa shape index (κ1) is 17.4. The third kappa shape index (κ3) is 4.35. The first-order valence-electron chi connectivity index (χ1n) is 9.13. The van der Waals surface area contributed by atoms with E-state index in [0.717, 1.165) is 44.5 Å². The molecular formula is C20H26N4O. The number of nitrogens with zero attached hydrogens (tertiary/aromatic N) is 3. The largest absolute Gasteiger partial charge is 0.351 e. The number of nitrogens with one attached hydrogen (secondary N) is 1. The van der Waals surface area contributed by atoms with Gasteiger partial charge in [-0.15, -0.1) is 0 Å². The average Bonchev–Trinajstić information content (AvgIpc) is 2.64. The van der Waals surface area contributed by atoms with Crippen LogP contribution in [-0.2, 0) is 13.0 Å². The molecule has 0 radical (unpaired) electrons. The highest BCUT2D eigenvalue weighted by atomic mass is 16.1. The number of hydrogen-bond acceptors (Lipinski definition) is 4. The van der Waals surface area contributed by atoms with E-state index in [1.165, 1.54) is 11.1 Å². The minimum absolute atomic E-state index is 0.111. The molecule has 0 spiro atoms. The molecular weight excluding hydrogens is 312 g/mol. The molecule has 0 unspecified atom stereocenters. The normalized spacial score (nSPS) is 13.4. The SMILES string of the molecule is CCCCCNC(=O)c1cc(C)nc(N2CCc3ccccc3C2)n1. The van der Waals surface area contributed by atoms with E-state index in [-0.39, 0.29) is 5.91 Å². The summed E-state index contributed by atoms with van der Waals surface area (Å²) in [5.41, 5.74) is 3.98. The summed E-state index contributed by atoms with van der Waals surface area (Å²) in [6.45, 7) is 6.42. The summed E-state index contributed by atoms with van der Waals surface area (Å²) >= 11 is 0. The van der Waals surface area contributed by atoms with Gasteiger partial charge in [0, 0.05) is 25.3 Å². The van der Waals surface area contributed by atoms with Crippen molar-refractivity contribution in [3.8, 4) is 0 Å². The minimum Gasteiger partial charge on any atom is -0.351 e. The van der Waals surface area contributed by atoms with E-state index < -0.39 is 0 Å². The monoisotopic (exact) mass is 338 g/mol. The number of aromatic nitrogens is 2. The van der Waals surface area contributed by atoms with E-state index >= 15 is 0 Å². The molecule has 25 heavy (non-hydrogen) atoms. The summed E-state index contributed by atoms with van der Waals surface area (Å²) in [5.74, 6) is 0.536. The Morgan fingerprint density at radius 2 is 2.00 bits per heavy atom. The zero-order valence-electron chi connectivity index (χ0n) is 15.1. The summed E-state index contributed by atoms with van der Waals surface area (Å²) < 4.78 is 0. The summed E-state index contributed by atoms with van der Waals surface area (Å²) in [6, 6.07) is 10.2. The van der Waals surface area contributed by atoms with Crippen LogP contribution in [0.3, 0.4) is 0 Å². The molecule has 5 heteroatoms. The second kappa shape index (κ2) is 8.10. The van der Waals surface area contributed by atoms with Crippen LogP contribution >= 0.6 is 0 Å². The molecule has 0 fully saturated rings. The molecule has 3 rings (SSSR count). The number of rotatable bonds is 6. The fourth-order valence-corrected chi connectivity index (χ4v) is 3.14. The number of benzene rings is 1. The van der Waals surface area contributed by atoms with Crippen LogP contribution in [0.15, 0.2) is 30.3 Å². The quantitative estimate of drug-likeness (QED) is 0.821. The van der Waals surface area contributed by atoms with Crippen LogP contribution < -0.4 is 10.2 Å². The third-order valence-electron chi connectivity index (χ3n) is 4.55. The van der Waals surface area contributed by atoms with Gasteiger partial charge in [-0.05, 0) is 37.0 Å². The van der Waals surface area contributed by atoms with Gasteiger partial charge in [-0.1, -0.05) is 44.0 Å². The molecule has 1 aromatic carbocycles. The lowest BCUT2D eigenvalue weighted by Crippen LogP contribution is -2.33. The van der Waals surface area contributed by atoms with E-state index in [2.05, 4.69) is 51.4 Å². The molecule has 0 aliphatic carbocycles. The van der Waals surface area contributed by atoms with Crippen molar-refractivity contribution in [2.75, 3.05) is 18.0 Å². The standard InChI is InChI=1S/C20H26N4O/c1-3-4-7-11-21-19(25)18-13-15(2)22-20(23-18)24-12-10-16-8-5-6-9-17(16)14-24/h5-6,8-9,13H,3-4,7,10-12,14H2,1-2H3,(H,21,25). The highest BCUT2D eigenvalue weighted by Gasteiger charge is 2.20. The van der Waals surface area contributed by atoms with Gasteiger partial charge in [-0.25, -0.2) is 9.97 Å². The first-order chi connectivity index (χ1) is 12.2. The molecule has 132 valence electrons. The predicted molar refractivity (Wildman–Crippen MR) is 99.8 cm³/mol. The summed E-state index contributed by atoms with van der Waals surface area (Å²) in [5, 5.41) is 2.96. The van der Waals surface area contributed by atoms with Crippen molar-refractivity contribution in [3.05, 3.63) is 52.8 Å². The predicted octanol–water partition coefficient (Wildman–Crippen LogP) is 3.27. The fraction of sp³-hybridized carbons (Fsp3) is 0.450. The van der Waals surface area contributed by atoms with Gasteiger partial charge in [-0.3, -0.25) is 4.79 Å². The van der Waals surface area contributed by atoms with Crippen LogP contribution in [0.4, 0.5) is 5.95 Å². The molecule has 1 aliphatic rings.